The topological polar surface area (TPSA) is 77.1 Å². The molecule has 12 heteroatoms. The summed E-state index contributed by atoms with van der Waals surface area (Å²) >= 11 is 12.2. The van der Waals surface area contributed by atoms with Crippen molar-refractivity contribution in [3.05, 3.63) is 99.7 Å². The number of rotatable bonds is 6. The second-order valence-electron chi connectivity index (χ2n) is 7.77. The van der Waals surface area contributed by atoms with Crippen molar-refractivity contribution in [1.29, 1.82) is 0 Å². The maximum atomic E-state index is 13.8. The number of benzene rings is 2. The van der Waals surface area contributed by atoms with Crippen LogP contribution in [0.1, 0.15) is 28.0 Å². The highest BCUT2D eigenvalue weighted by molar-refractivity contribution is 6.33. The van der Waals surface area contributed by atoms with Crippen LogP contribution in [0.2, 0.25) is 10.0 Å². The maximum Gasteiger partial charge on any atom is 0.280 e. The number of amides is 1. The van der Waals surface area contributed by atoms with Gasteiger partial charge >= 0.3 is 0 Å². The van der Waals surface area contributed by atoms with Gasteiger partial charge < -0.3 is 5.32 Å². The van der Waals surface area contributed by atoms with Gasteiger partial charge in [0.05, 0.1) is 18.4 Å². The van der Waals surface area contributed by atoms with E-state index in [0.29, 0.717) is 17.1 Å². The lowest BCUT2D eigenvalue weighted by molar-refractivity contribution is 0.102. The minimum absolute atomic E-state index is 0.0656. The van der Waals surface area contributed by atoms with E-state index in [1.54, 1.807) is 18.3 Å². The molecule has 7 nitrogen and oxygen atoms in total. The fraction of sp³-hybridized carbons (Fsp3) is 0.0833. The zero-order chi connectivity index (χ0) is 25.4. The molecule has 3 aromatic heterocycles. The standard InChI is InChI=1S/C24H15Cl2F3N6O/c25-15-5-1-13(2-6-15)11-34-12-18(26)22(33-34)32-24(36)17-10-30-35-20(21(28)29)9-19(31-23(17)35)14-3-7-16(27)8-4-14/h1-10,12,21H,11H2,(H,32,33,36). The Hall–Kier alpha value is -3.89. The lowest BCUT2D eigenvalue weighted by Gasteiger charge is -2.08. The highest BCUT2D eigenvalue weighted by atomic mass is 35.5. The molecule has 5 rings (SSSR count). The van der Waals surface area contributed by atoms with Crippen LogP contribution in [-0.2, 0) is 6.54 Å². The maximum absolute atomic E-state index is 13.8. The second kappa shape index (κ2) is 9.63. The molecule has 0 unspecified atom stereocenters. The molecule has 2 aromatic carbocycles. The van der Waals surface area contributed by atoms with Gasteiger partial charge in [-0.15, -0.1) is 0 Å². The van der Waals surface area contributed by atoms with E-state index in [1.165, 1.54) is 28.9 Å². The Kier molecular flexibility index (Phi) is 6.38. The van der Waals surface area contributed by atoms with E-state index >= 15 is 0 Å². The number of alkyl halides is 2. The van der Waals surface area contributed by atoms with Crippen LogP contribution >= 0.6 is 23.2 Å². The zero-order valence-electron chi connectivity index (χ0n) is 18.2. The molecule has 1 amide bonds. The molecule has 0 fully saturated rings. The Morgan fingerprint density at radius 2 is 1.78 bits per heavy atom. The first-order valence-corrected chi connectivity index (χ1v) is 11.3. The summed E-state index contributed by atoms with van der Waals surface area (Å²) in [6.07, 6.45) is -0.221. The molecule has 0 saturated heterocycles. The number of carbonyl (C=O) groups is 1. The first kappa shape index (κ1) is 23.8. The molecule has 3 heterocycles. The smallest absolute Gasteiger partial charge is 0.280 e. The summed E-state index contributed by atoms with van der Waals surface area (Å²) in [5, 5.41) is 11.6. The van der Waals surface area contributed by atoms with Crippen LogP contribution < -0.4 is 5.32 Å². The van der Waals surface area contributed by atoms with Crippen LogP contribution in [0.25, 0.3) is 16.9 Å². The lowest BCUT2D eigenvalue weighted by atomic mass is 10.1. The Morgan fingerprint density at radius 3 is 2.47 bits per heavy atom. The highest BCUT2D eigenvalue weighted by Crippen LogP contribution is 2.28. The van der Waals surface area contributed by atoms with Gasteiger partial charge in [0.15, 0.2) is 11.5 Å². The van der Waals surface area contributed by atoms with Gasteiger partial charge in [-0.3, -0.25) is 9.48 Å². The quantitative estimate of drug-likeness (QED) is 0.280. The van der Waals surface area contributed by atoms with Crippen LogP contribution in [0.4, 0.5) is 19.0 Å². The summed E-state index contributed by atoms with van der Waals surface area (Å²) in [7, 11) is 0. The van der Waals surface area contributed by atoms with Crippen molar-refractivity contribution < 1.29 is 18.0 Å². The highest BCUT2D eigenvalue weighted by Gasteiger charge is 2.23. The number of nitrogens with one attached hydrogen (secondary N) is 1. The zero-order valence-corrected chi connectivity index (χ0v) is 19.7. The van der Waals surface area contributed by atoms with Gasteiger partial charge in [0.2, 0.25) is 0 Å². The molecule has 182 valence electrons. The van der Waals surface area contributed by atoms with E-state index in [9.17, 15) is 18.0 Å². The molecule has 0 radical (unpaired) electrons. The fourth-order valence-electron chi connectivity index (χ4n) is 3.58. The van der Waals surface area contributed by atoms with Gasteiger partial charge in [-0.05, 0) is 48.0 Å². The fourth-order valence-corrected chi connectivity index (χ4v) is 3.91. The summed E-state index contributed by atoms with van der Waals surface area (Å²) in [5.74, 6) is -1.09. The number of carbonyl (C=O) groups excluding carboxylic acids is 1. The number of nitrogens with zero attached hydrogens (tertiary/aromatic N) is 5. The summed E-state index contributed by atoms with van der Waals surface area (Å²) in [5.41, 5.74) is 0.820. The average Bonchev–Trinajstić information content (AvgIpc) is 3.43. The molecule has 0 spiro atoms. The molecule has 0 aliphatic carbocycles. The second-order valence-corrected chi connectivity index (χ2v) is 8.61. The third-order valence-corrected chi connectivity index (χ3v) is 5.84. The van der Waals surface area contributed by atoms with Crippen molar-refractivity contribution in [2.75, 3.05) is 5.32 Å². The van der Waals surface area contributed by atoms with E-state index in [-0.39, 0.29) is 27.7 Å². The average molecular weight is 531 g/mol. The van der Waals surface area contributed by atoms with Crippen molar-refractivity contribution in [1.82, 2.24) is 24.4 Å². The molecule has 0 aliphatic rings. The number of anilines is 1. The van der Waals surface area contributed by atoms with Crippen LogP contribution in [0, 0.1) is 5.82 Å². The summed E-state index contributed by atoms with van der Waals surface area (Å²) < 4.78 is 43.3. The Labute approximate surface area is 212 Å². The van der Waals surface area contributed by atoms with Crippen molar-refractivity contribution in [3.8, 4) is 11.3 Å². The lowest BCUT2D eigenvalue weighted by Crippen LogP contribution is -2.14. The van der Waals surface area contributed by atoms with Crippen LogP contribution in [0.5, 0.6) is 0 Å². The molecule has 0 bridgehead atoms. The van der Waals surface area contributed by atoms with Crippen LogP contribution in [0.3, 0.4) is 0 Å². The van der Waals surface area contributed by atoms with Gasteiger partial charge in [-0.1, -0.05) is 35.3 Å². The Morgan fingerprint density at radius 1 is 1.06 bits per heavy atom. The van der Waals surface area contributed by atoms with E-state index in [1.807, 2.05) is 12.1 Å². The SMILES string of the molecule is O=C(Nc1nn(Cc2ccc(Cl)cc2)cc1Cl)c1cnn2c(C(F)F)cc(-c3ccc(F)cc3)nc12. The molecule has 0 aliphatic heterocycles. The number of aromatic nitrogens is 5. The van der Waals surface area contributed by atoms with Crippen molar-refractivity contribution in [2.24, 2.45) is 0 Å². The predicted molar refractivity (Wildman–Crippen MR) is 129 cm³/mol. The van der Waals surface area contributed by atoms with Gasteiger partial charge in [0.1, 0.15) is 22.1 Å². The monoisotopic (exact) mass is 530 g/mol. The third kappa shape index (κ3) is 4.77. The molecule has 0 atom stereocenters. The number of hydrogen-bond acceptors (Lipinski definition) is 4. The minimum Gasteiger partial charge on any atom is -0.304 e. The van der Waals surface area contributed by atoms with Gasteiger partial charge in [0, 0.05) is 16.8 Å². The minimum atomic E-state index is -2.90. The van der Waals surface area contributed by atoms with Crippen molar-refractivity contribution >= 4 is 40.6 Å². The molecule has 36 heavy (non-hydrogen) atoms. The van der Waals surface area contributed by atoms with Crippen LogP contribution in [-0.4, -0.2) is 30.3 Å². The summed E-state index contributed by atoms with van der Waals surface area (Å²) in [6, 6.07) is 13.5. The van der Waals surface area contributed by atoms with E-state index < -0.39 is 23.8 Å². The summed E-state index contributed by atoms with van der Waals surface area (Å²) in [6.45, 7) is 0.379. The normalized spacial score (nSPS) is 11.4. The van der Waals surface area contributed by atoms with Gasteiger partial charge in [-0.2, -0.15) is 10.2 Å². The Bertz CT molecular complexity index is 1570. The Balaban J connectivity index is 1.46. The van der Waals surface area contributed by atoms with Gasteiger partial charge in [0.25, 0.3) is 12.3 Å². The predicted octanol–water partition coefficient (Wildman–Crippen LogP) is 6.28. The molecule has 1 N–H and O–H groups in total. The van der Waals surface area contributed by atoms with Crippen LogP contribution in [0.15, 0.2) is 67.0 Å². The van der Waals surface area contributed by atoms with E-state index in [0.717, 1.165) is 22.3 Å². The number of halogens is 5. The first-order chi connectivity index (χ1) is 17.3. The molecular weight excluding hydrogens is 516 g/mol. The van der Waals surface area contributed by atoms with E-state index in [4.69, 9.17) is 23.2 Å². The van der Waals surface area contributed by atoms with Crippen molar-refractivity contribution in [2.45, 2.75) is 13.0 Å². The van der Waals surface area contributed by atoms with Gasteiger partial charge in [-0.25, -0.2) is 22.7 Å². The first-order valence-electron chi connectivity index (χ1n) is 10.5. The molecule has 5 aromatic rings. The molecular formula is C24H15Cl2F3N6O. The van der Waals surface area contributed by atoms with Crippen molar-refractivity contribution in [3.63, 3.8) is 0 Å². The van der Waals surface area contributed by atoms with E-state index in [2.05, 4.69) is 20.5 Å². The number of hydrogen-bond donors (Lipinski definition) is 1. The molecule has 0 saturated carbocycles. The largest absolute Gasteiger partial charge is 0.304 e. The third-order valence-electron chi connectivity index (χ3n) is 5.31. The number of fused-ring (bicyclic) bond motifs is 1. The summed E-state index contributed by atoms with van der Waals surface area (Å²) in [4.78, 5) is 17.4.